The summed E-state index contributed by atoms with van der Waals surface area (Å²) < 4.78 is 5.34. The molecule has 1 aromatic carbocycles. The number of rotatable bonds is 2. The summed E-state index contributed by atoms with van der Waals surface area (Å²) in [7, 11) is 1.74. The fourth-order valence-corrected chi connectivity index (χ4v) is 3.18. The molecule has 0 spiro atoms. The molecule has 1 aliphatic carbocycles. The summed E-state index contributed by atoms with van der Waals surface area (Å²) >= 11 is 0. The lowest BCUT2D eigenvalue weighted by atomic mass is 9.91. The molecule has 0 saturated heterocycles. The standard InChI is InChI=1S/C16H21NO/c1-18-13-8-9-16-14(10-13)15(11-17-16)12-6-4-2-3-5-7-12/h8-12,17H,2-7H2,1H3. The van der Waals surface area contributed by atoms with E-state index >= 15 is 0 Å². The van der Waals surface area contributed by atoms with Gasteiger partial charge in [-0.05, 0) is 42.5 Å². The average molecular weight is 243 g/mol. The highest BCUT2D eigenvalue weighted by atomic mass is 16.5. The predicted molar refractivity (Wildman–Crippen MR) is 75.3 cm³/mol. The van der Waals surface area contributed by atoms with Crippen molar-refractivity contribution in [2.75, 3.05) is 7.11 Å². The Morgan fingerprint density at radius 2 is 1.89 bits per heavy atom. The third-order valence-electron chi connectivity index (χ3n) is 4.22. The Morgan fingerprint density at radius 3 is 2.61 bits per heavy atom. The topological polar surface area (TPSA) is 25.0 Å². The van der Waals surface area contributed by atoms with Crippen molar-refractivity contribution in [2.45, 2.75) is 44.4 Å². The van der Waals surface area contributed by atoms with Gasteiger partial charge in [-0.3, -0.25) is 0 Å². The van der Waals surface area contributed by atoms with E-state index in [2.05, 4.69) is 23.3 Å². The number of methoxy groups -OCH3 is 1. The number of aromatic nitrogens is 1. The number of nitrogens with one attached hydrogen (secondary N) is 1. The molecule has 2 nitrogen and oxygen atoms in total. The van der Waals surface area contributed by atoms with Gasteiger partial charge in [0, 0.05) is 17.1 Å². The first-order valence-electron chi connectivity index (χ1n) is 7.03. The summed E-state index contributed by atoms with van der Waals surface area (Å²) in [5, 5.41) is 1.35. The van der Waals surface area contributed by atoms with Crippen LogP contribution in [0.15, 0.2) is 24.4 Å². The van der Waals surface area contributed by atoms with Crippen molar-refractivity contribution in [3.05, 3.63) is 30.0 Å². The van der Waals surface area contributed by atoms with E-state index in [1.54, 1.807) is 7.11 Å². The van der Waals surface area contributed by atoms with Crippen LogP contribution >= 0.6 is 0 Å². The number of hydrogen-bond acceptors (Lipinski definition) is 1. The van der Waals surface area contributed by atoms with Crippen molar-refractivity contribution >= 4 is 10.9 Å². The van der Waals surface area contributed by atoms with E-state index in [1.807, 2.05) is 6.07 Å². The Balaban J connectivity index is 1.99. The van der Waals surface area contributed by atoms with Crippen molar-refractivity contribution in [2.24, 2.45) is 0 Å². The van der Waals surface area contributed by atoms with Gasteiger partial charge in [0.15, 0.2) is 0 Å². The van der Waals surface area contributed by atoms with Gasteiger partial charge in [0.2, 0.25) is 0 Å². The first-order valence-corrected chi connectivity index (χ1v) is 7.03. The summed E-state index contributed by atoms with van der Waals surface area (Å²) in [5.74, 6) is 1.69. The van der Waals surface area contributed by atoms with Gasteiger partial charge in [0.1, 0.15) is 5.75 Å². The lowest BCUT2D eigenvalue weighted by molar-refractivity contribution is 0.415. The molecule has 3 rings (SSSR count). The number of fused-ring (bicyclic) bond motifs is 1. The molecule has 2 heteroatoms. The van der Waals surface area contributed by atoms with Gasteiger partial charge < -0.3 is 9.72 Å². The molecule has 96 valence electrons. The zero-order valence-electron chi connectivity index (χ0n) is 11.0. The van der Waals surface area contributed by atoms with E-state index in [0.29, 0.717) is 0 Å². The molecule has 1 aliphatic rings. The van der Waals surface area contributed by atoms with Gasteiger partial charge in [0.05, 0.1) is 7.11 Å². The molecule has 1 aromatic heterocycles. The quantitative estimate of drug-likeness (QED) is 0.765. The van der Waals surface area contributed by atoms with E-state index in [-0.39, 0.29) is 0 Å². The molecule has 0 unspecified atom stereocenters. The molecule has 0 aliphatic heterocycles. The van der Waals surface area contributed by atoms with E-state index in [0.717, 1.165) is 11.7 Å². The molecule has 0 atom stereocenters. The number of benzene rings is 1. The van der Waals surface area contributed by atoms with Crippen molar-refractivity contribution in [1.82, 2.24) is 4.98 Å². The minimum Gasteiger partial charge on any atom is -0.497 e. The molecule has 0 bridgehead atoms. The maximum atomic E-state index is 5.34. The first kappa shape index (κ1) is 11.6. The van der Waals surface area contributed by atoms with Crippen molar-refractivity contribution in [1.29, 1.82) is 0 Å². The highest BCUT2D eigenvalue weighted by molar-refractivity contribution is 5.85. The smallest absolute Gasteiger partial charge is 0.119 e. The number of hydrogen-bond donors (Lipinski definition) is 1. The maximum absolute atomic E-state index is 5.34. The summed E-state index contributed by atoms with van der Waals surface area (Å²) in [6.07, 6.45) is 10.4. The third-order valence-corrected chi connectivity index (χ3v) is 4.22. The van der Waals surface area contributed by atoms with Crippen molar-refractivity contribution in [3.8, 4) is 5.75 Å². The Kier molecular flexibility index (Phi) is 3.26. The van der Waals surface area contributed by atoms with E-state index in [4.69, 9.17) is 4.74 Å². The molecule has 2 aromatic rings. The van der Waals surface area contributed by atoms with Crippen LogP contribution in [-0.4, -0.2) is 12.1 Å². The Morgan fingerprint density at radius 1 is 1.11 bits per heavy atom. The van der Waals surface area contributed by atoms with Crippen LogP contribution in [0, 0.1) is 0 Å². The van der Waals surface area contributed by atoms with Gasteiger partial charge in [-0.25, -0.2) is 0 Å². The second-order valence-corrected chi connectivity index (χ2v) is 5.34. The molecule has 0 amide bonds. The van der Waals surface area contributed by atoms with Crippen LogP contribution in [-0.2, 0) is 0 Å². The minimum atomic E-state index is 0.730. The lowest BCUT2D eigenvalue weighted by Gasteiger charge is -2.13. The molecule has 1 N–H and O–H groups in total. The van der Waals surface area contributed by atoms with Gasteiger partial charge in [-0.2, -0.15) is 0 Å². The maximum Gasteiger partial charge on any atom is 0.119 e. The molecule has 0 radical (unpaired) electrons. The van der Waals surface area contributed by atoms with Crippen molar-refractivity contribution < 1.29 is 4.74 Å². The highest BCUT2D eigenvalue weighted by Gasteiger charge is 2.17. The molecular weight excluding hydrogens is 222 g/mol. The largest absolute Gasteiger partial charge is 0.497 e. The van der Waals surface area contributed by atoms with Gasteiger partial charge in [-0.1, -0.05) is 25.7 Å². The van der Waals surface area contributed by atoms with Crippen LogP contribution in [0.1, 0.15) is 50.0 Å². The zero-order valence-corrected chi connectivity index (χ0v) is 11.0. The molecule has 18 heavy (non-hydrogen) atoms. The molecular formula is C16H21NO. The normalized spacial score (nSPS) is 17.8. The Hall–Kier alpha value is -1.44. The third kappa shape index (κ3) is 2.12. The average Bonchev–Trinajstić information content (AvgIpc) is 2.64. The number of H-pyrrole nitrogens is 1. The van der Waals surface area contributed by atoms with Crippen LogP contribution in [0.3, 0.4) is 0 Å². The van der Waals surface area contributed by atoms with Gasteiger partial charge >= 0.3 is 0 Å². The summed E-state index contributed by atoms with van der Waals surface area (Å²) in [6, 6.07) is 6.32. The summed E-state index contributed by atoms with van der Waals surface area (Å²) in [5.41, 5.74) is 2.72. The molecule has 1 fully saturated rings. The monoisotopic (exact) mass is 243 g/mol. The van der Waals surface area contributed by atoms with E-state index in [9.17, 15) is 0 Å². The predicted octanol–water partition coefficient (Wildman–Crippen LogP) is 4.61. The molecule has 1 saturated carbocycles. The lowest BCUT2D eigenvalue weighted by Crippen LogP contribution is -1.96. The zero-order chi connectivity index (χ0) is 12.4. The Bertz CT molecular complexity index is 521. The second-order valence-electron chi connectivity index (χ2n) is 5.34. The summed E-state index contributed by atoms with van der Waals surface area (Å²) in [6.45, 7) is 0. The fourth-order valence-electron chi connectivity index (χ4n) is 3.18. The van der Waals surface area contributed by atoms with Crippen LogP contribution in [0.4, 0.5) is 0 Å². The minimum absolute atomic E-state index is 0.730. The van der Waals surface area contributed by atoms with Crippen LogP contribution < -0.4 is 4.74 Å². The first-order chi connectivity index (χ1) is 8.88. The number of aromatic amines is 1. The highest BCUT2D eigenvalue weighted by Crippen LogP contribution is 2.36. The fraction of sp³-hybridized carbons (Fsp3) is 0.500. The van der Waals surface area contributed by atoms with Crippen LogP contribution in [0.25, 0.3) is 10.9 Å². The Labute approximate surface area is 108 Å². The summed E-state index contributed by atoms with van der Waals surface area (Å²) in [4.78, 5) is 3.40. The molecule has 1 heterocycles. The SMILES string of the molecule is COc1ccc2[nH]cc(C3CCCCCC3)c2c1. The van der Waals surface area contributed by atoms with E-state index in [1.165, 1.54) is 55.0 Å². The number of ether oxygens (including phenoxy) is 1. The van der Waals surface area contributed by atoms with Gasteiger partial charge in [-0.15, -0.1) is 0 Å². The van der Waals surface area contributed by atoms with Crippen LogP contribution in [0.2, 0.25) is 0 Å². The van der Waals surface area contributed by atoms with Crippen molar-refractivity contribution in [3.63, 3.8) is 0 Å². The van der Waals surface area contributed by atoms with E-state index < -0.39 is 0 Å². The van der Waals surface area contributed by atoms with Crippen LogP contribution in [0.5, 0.6) is 5.75 Å². The second kappa shape index (κ2) is 5.05. The van der Waals surface area contributed by atoms with Gasteiger partial charge in [0.25, 0.3) is 0 Å².